The Morgan fingerprint density at radius 3 is 2.54 bits per heavy atom. The van der Waals surface area contributed by atoms with Crippen LogP contribution in [0.15, 0.2) is 60.8 Å². The van der Waals surface area contributed by atoms with Crippen LogP contribution in [0.25, 0.3) is 10.9 Å². The number of amides is 1. The fourth-order valence-electron chi connectivity index (χ4n) is 3.50. The molecule has 0 saturated carbocycles. The molecule has 3 aromatic rings. The Morgan fingerprint density at radius 2 is 1.75 bits per heavy atom. The highest BCUT2D eigenvalue weighted by Gasteiger charge is 2.15. The summed E-state index contributed by atoms with van der Waals surface area (Å²) in [5.74, 6) is -0.863. The van der Waals surface area contributed by atoms with Crippen LogP contribution in [0.2, 0.25) is 0 Å². The van der Waals surface area contributed by atoms with Crippen LogP contribution in [-0.4, -0.2) is 28.0 Å². The van der Waals surface area contributed by atoms with Gasteiger partial charge in [-0.05, 0) is 42.9 Å². The standard InChI is InChI=1S/C23H26N2O3/c26-22(12-6-9-18-16-24-21-11-5-4-10-20(18)21)25-19(13-14-23(27)28)15-17-7-2-1-3-8-17/h1-5,7-8,10-11,16,19,24H,6,9,12-15H2,(H,25,26)(H,27,28). The van der Waals surface area contributed by atoms with Crippen molar-refractivity contribution >= 4 is 22.8 Å². The van der Waals surface area contributed by atoms with E-state index >= 15 is 0 Å². The summed E-state index contributed by atoms with van der Waals surface area (Å²) in [5, 5.41) is 13.2. The van der Waals surface area contributed by atoms with Gasteiger partial charge in [-0.1, -0.05) is 48.5 Å². The van der Waals surface area contributed by atoms with Gasteiger partial charge in [0.15, 0.2) is 0 Å². The van der Waals surface area contributed by atoms with E-state index < -0.39 is 5.97 Å². The van der Waals surface area contributed by atoms with Crippen LogP contribution in [0, 0.1) is 0 Å². The third-order valence-corrected chi connectivity index (χ3v) is 4.92. The van der Waals surface area contributed by atoms with Crippen LogP contribution in [0.3, 0.4) is 0 Å². The molecule has 1 unspecified atom stereocenters. The number of benzene rings is 2. The van der Waals surface area contributed by atoms with Crippen LogP contribution < -0.4 is 5.32 Å². The number of hydrogen-bond acceptors (Lipinski definition) is 2. The van der Waals surface area contributed by atoms with Gasteiger partial charge >= 0.3 is 5.97 Å². The summed E-state index contributed by atoms with van der Waals surface area (Å²) >= 11 is 0. The Labute approximate surface area is 164 Å². The van der Waals surface area contributed by atoms with Gasteiger partial charge < -0.3 is 15.4 Å². The Balaban J connectivity index is 1.51. The molecular weight excluding hydrogens is 352 g/mol. The van der Waals surface area contributed by atoms with Crippen LogP contribution in [0.1, 0.15) is 36.8 Å². The minimum atomic E-state index is -0.841. The van der Waals surface area contributed by atoms with E-state index in [1.165, 1.54) is 10.9 Å². The molecule has 5 nitrogen and oxygen atoms in total. The molecule has 0 aliphatic heterocycles. The maximum atomic E-state index is 12.4. The van der Waals surface area contributed by atoms with Gasteiger partial charge in [0, 0.05) is 36.0 Å². The number of nitrogens with one attached hydrogen (secondary N) is 2. The maximum absolute atomic E-state index is 12.4. The minimum absolute atomic E-state index is 0.0221. The number of aryl methyl sites for hydroxylation is 1. The molecule has 0 saturated heterocycles. The van der Waals surface area contributed by atoms with Crippen molar-refractivity contribution in [3.8, 4) is 0 Å². The van der Waals surface area contributed by atoms with E-state index in [0.29, 0.717) is 19.3 Å². The molecule has 1 aromatic heterocycles. The van der Waals surface area contributed by atoms with Crippen molar-refractivity contribution in [1.82, 2.24) is 10.3 Å². The molecule has 0 spiro atoms. The van der Waals surface area contributed by atoms with Crippen molar-refractivity contribution < 1.29 is 14.7 Å². The molecule has 146 valence electrons. The predicted molar refractivity (Wildman–Crippen MR) is 110 cm³/mol. The second-order valence-corrected chi connectivity index (χ2v) is 7.10. The lowest BCUT2D eigenvalue weighted by molar-refractivity contribution is -0.137. The Kier molecular flexibility index (Phi) is 6.84. The van der Waals surface area contributed by atoms with Gasteiger partial charge in [0.1, 0.15) is 0 Å². The quantitative estimate of drug-likeness (QED) is 0.497. The number of para-hydroxylation sites is 1. The fourth-order valence-corrected chi connectivity index (χ4v) is 3.50. The van der Waals surface area contributed by atoms with Gasteiger partial charge in [-0.25, -0.2) is 0 Å². The zero-order valence-electron chi connectivity index (χ0n) is 15.9. The van der Waals surface area contributed by atoms with E-state index in [-0.39, 0.29) is 18.4 Å². The number of H-pyrrole nitrogens is 1. The first-order valence-electron chi connectivity index (χ1n) is 9.72. The number of aliphatic carboxylic acids is 1. The summed E-state index contributed by atoms with van der Waals surface area (Å²) in [4.78, 5) is 26.6. The van der Waals surface area contributed by atoms with Crippen molar-refractivity contribution in [2.75, 3.05) is 0 Å². The van der Waals surface area contributed by atoms with E-state index in [9.17, 15) is 9.59 Å². The molecule has 3 rings (SSSR count). The van der Waals surface area contributed by atoms with Crippen molar-refractivity contribution in [2.24, 2.45) is 0 Å². The van der Waals surface area contributed by atoms with Crippen molar-refractivity contribution in [1.29, 1.82) is 0 Å². The first kappa shape index (κ1) is 19.7. The highest BCUT2D eigenvalue weighted by Crippen LogP contribution is 2.19. The number of aromatic nitrogens is 1. The SMILES string of the molecule is O=C(O)CCC(Cc1ccccc1)NC(=O)CCCc1c[nH]c2ccccc12. The van der Waals surface area contributed by atoms with Crippen LogP contribution in [0.4, 0.5) is 0 Å². The second kappa shape index (κ2) is 9.74. The average Bonchev–Trinajstić information content (AvgIpc) is 3.10. The molecule has 0 radical (unpaired) electrons. The summed E-state index contributed by atoms with van der Waals surface area (Å²) < 4.78 is 0. The molecule has 28 heavy (non-hydrogen) atoms. The lowest BCUT2D eigenvalue weighted by Gasteiger charge is -2.18. The van der Waals surface area contributed by atoms with Crippen LogP contribution in [0.5, 0.6) is 0 Å². The maximum Gasteiger partial charge on any atom is 0.303 e. The highest BCUT2D eigenvalue weighted by molar-refractivity contribution is 5.83. The molecule has 3 N–H and O–H groups in total. The van der Waals surface area contributed by atoms with Gasteiger partial charge in [0.2, 0.25) is 5.91 Å². The third kappa shape index (κ3) is 5.71. The number of carboxylic acids is 1. The van der Waals surface area contributed by atoms with Crippen molar-refractivity contribution in [3.05, 3.63) is 71.9 Å². The summed E-state index contributed by atoms with van der Waals surface area (Å²) in [5.41, 5.74) is 3.42. The zero-order valence-corrected chi connectivity index (χ0v) is 15.9. The van der Waals surface area contributed by atoms with Crippen molar-refractivity contribution in [3.63, 3.8) is 0 Å². The third-order valence-electron chi connectivity index (χ3n) is 4.92. The topological polar surface area (TPSA) is 82.2 Å². The Hall–Kier alpha value is -3.08. The van der Waals surface area contributed by atoms with E-state index in [1.54, 1.807) is 0 Å². The van der Waals surface area contributed by atoms with Crippen molar-refractivity contribution in [2.45, 2.75) is 44.6 Å². The number of rotatable bonds is 10. The molecule has 0 aliphatic rings. The van der Waals surface area contributed by atoms with Gasteiger partial charge in [0.25, 0.3) is 0 Å². The first-order valence-corrected chi connectivity index (χ1v) is 9.72. The molecule has 2 aromatic carbocycles. The summed E-state index contributed by atoms with van der Waals surface area (Å²) in [7, 11) is 0. The summed E-state index contributed by atoms with van der Waals surface area (Å²) in [6.07, 6.45) is 5.14. The monoisotopic (exact) mass is 378 g/mol. The molecule has 1 heterocycles. The van der Waals surface area contributed by atoms with E-state index in [0.717, 1.165) is 23.9 Å². The highest BCUT2D eigenvalue weighted by atomic mass is 16.4. The normalized spacial score (nSPS) is 12.0. The molecule has 0 fully saturated rings. The predicted octanol–water partition coefficient (Wildman–Crippen LogP) is 4.08. The molecule has 1 amide bonds. The minimum Gasteiger partial charge on any atom is -0.481 e. The molecule has 0 bridgehead atoms. The average molecular weight is 378 g/mol. The molecule has 5 heteroatoms. The number of hydrogen-bond donors (Lipinski definition) is 3. The number of carboxylic acid groups (broad SMARTS) is 1. The largest absolute Gasteiger partial charge is 0.481 e. The van der Waals surface area contributed by atoms with Crippen LogP contribution >= 0.6 is 0 Å². The van der Waals surface area contributed by atoms with E-state index in [2.05, 4.69) is 16.4 Å². The van der Waals surface area contributed by atoms with Gasteiger partial charge in [-0.3, -0.25) is 9.59 Å². The lowest BCUT2D eigenvalue weighted by Crippen LogP contribution is -2.36. The first-order chi connectivity index (χ1) is 13.6. The Morgan fingerprint density at radius 1 is 1.00 bits per heavy atom. The van der Waals surface area contributed by atoms with Gasteiger partial charge in [-0.15, -0.1) is 0 Å². The lowest BCUT2D eigenvalue weighted by atomic mass is 10.0. The zero-order chi connectivity index (χ0) is 19.8. The van der Waals surface area contributed by atoms with Crippen LogP contribution in [-0.2, 0) is 22.4 Å². The van der Waals surface area contributed by atoms with Gasteiger partial charge in [0.05, 0.1) is 0 Å². The number of aromatic amines is 1. The number of carbonyl (C=O) groups excluding carboxylic acids is 1. The smallest absolute Gasteiger partial charge is 0.303 e. The summed E-state index contributed by atoms with van der Waals surface area (Å²) in [6.45, 7) is 0. The fraction of sp³-hybridized carbons (Fsp3) is 0.304. The Bertz CT molecular complexity index is 918. The summed E-state index contributed by atoms with van der Waals surface area (Å²) in [6, 6.07) is 17.8. The van der Waals surface area contributed by atoms with E-state index in [4.69, 9.17) is 5.11 Å². The molecule has 1 atom stereocenters. The number of carbonyl (C=O) groups is 2. The van der Waals surface area contributed by atoms with Gasteiger partial charge in [-0.2, -0.15) is 0 Å². The number of fused-ring (bicyclic) bond motifs is 1. The molecular formula is C23H26N2O3. The second-order valence-electron chi connectivity index (χ2n) is 7.10. The van der Waals surface area contributed by atoms with E-state index in [1.807, 2.05) is 54.7 Å². The molecule has 0 aliphatic carbocycles.